The molecule has 0 aliphatic carbocycles. The van der Waals surface area contributed by atoms with Gasteiger partial charge in [0.05, 0.1) is 17.2 Å². The summed E-state index contributed by atoms with van der Waals surface area (Å²) in [7, 11) is 0. The molecule has 0 aliphatic heterocycles. The van der Waals surface area contributed by atoms with Gasteiger partial charge in [0.15, 0.2) is 5.43 Å². The number of hydrogen-bond donors (Lipinski definition) is 1. The molecule has 7 heteroatoms. The van der Waals surface area contributed by atoms with Crippen LogP contribution in [0.15, 0.2) is 59.5 Å². The van der Waals surface area contributed by atoms with E-state index in [1.54, 1.807) is 38.1 Å². The number of nitrogens with zero attached hydrogens (tertiary/aromatic N) is 1. The number of rotatable bonds is 5. The van der Waals surface area contributed by atoms with Crippen LogP contribution in [0.2, 0.25) is 0 Å². The lowest BCUT2D eigenvalue weighted by molar-refractivity contribution is -0.116. The van der Waals surface area contributed by atoms with Crippen molar-refractivity contribution in [2.75, 3.05) is 5.32 Å². The SMILES string of the molecule is CC(C)OC(=O)c1ccc(NC(=O)Cn2ccc(=O)c3cccc(F)c32)cc1. The molecule has 1 N–H and O–H groups in total. The molecule has 0 aliphatic rings. The van der Waals surface area contributed by atoms with Gasteiger partial charge < -0.3 is 14.6 Å². The van der Waals surface area contributed by atoms with E-state index in [1.165, 1.54) is 35.0 Å². The van der Waals surface area contributed by atoms with Crippen molar-refractivity contribution in [2.45, 2.75) is 26.5 Å². The molecule has 3 rings (SSSR count). The first-order valence-corrected chi connectivity index (χ1v) is 8.73. The van der Waals surface area contributed by atoms with Crippen LogP contribution in [0.25, 0.3) is 10.9 Å². The van der Waals surface area contributed by atoms with E-state index in [0.717, 1.165) is 0 Å². The Balaban J connectivity index is 1.75. The molecule has 0 spiro atoms. The standard InChI is InChI=1S/C21H19FN2O4/c1-13(2)28-21(27)14-6-8-15(9-7-14)23-19(26)12-24-11-10-18(25)16-4-3-5-17(22)20(16)24/h3-11,13H,12H2,1-2H3,(H,23,26). The Morgan fingerprint density at radius 3 is 2.50 bits per heavy atom. The molecule has 1 heterocycles. The topological polar surface area (TPSA) is 77.4 Å². The molecule has 28 heavy (non-hydrogen) atoms. The van der Waals surface area contributed by atoms with E-state index < -0.39 is 17.7 Å². The van der Waals surface area contributed by atoms with E-state index in [9.17, 15) is 18.8 Å². The molecule has 0 saturated carbocycles. The lowest BCUT2D eigenvalue weighted by Gasteiger charge is -2.12. The maximum atomic E-state index is 14.2. The lowest BCUT2D eigenvalue weighted by Crippen LogP contribution is -2.21. The second-order valence-electron chi connectivity index (χ2n) is 6.52. The first-order chi connectivity index (χ1) is 13.3. The van der Waals surface area contributed by atoms with Crippen molar-refractivity contribution in [1.82, 2.24) is 4.57 Å². The van der Waals surface area contributed by atoms with Crippen LogP contribution in [0.3, 0.4) is 0 Å². The monoisotopic (exact) mass is 382 g/mol. The molecule has 6 nitrogen and oxygen atoms in total. The van der Waals surface area contributed by atoms with Crippen LogP contribution in [0, 0.1) is 5.82 Å². The third-order valence-corrected chi connectivity index (χ3v) is 4.01. The largest absolute Gasteiger partial charge is 0.459 e. The second kappa shape index (κ2) is 8.04. The van der Waals surface area contributed by atoms with E-state index in [2.05, 4.69) is 5.32 Å². The van der Waals surface area contributed by atoms with Gasteiger partial charge in [-0.05, 0) is 50.2 Å². The summed E-state index contributed by atoms with van der Waals surface area (Å²) < 4.78 is 20.7. The first kappa shape index (κ1) is 19.3. The molecule has 144 valence electrons. The number of anilines is 1. The average Bonchev–Trinajstić information content (AvgIpc) is 2.64. The molecule has 1 amide bonds. The van der Waals surface area contributed by atoms with Gasteiger partial charge in [0.1, 0.15) is 12.4 Å². The fourth-order valence-corrected chi connectivity index (χ4v) is 2.79. The van der Waals surface area contributed by atoms with Gasteiger partial charge >= 0.3 is 5.97 Å². The molecule has 0 bridgehead atoms. The molecule has 0 fully saturated rings. The minimum absolute atomic E-state index is 0.0805. The van der Waals surface area contributed by atoms with Crippen molar-refractivity contribution in [2.24, 2.45) is 0 Å². The number of ether oxygens (including phenoxy) is 1. The average molecular weight is 382 g/mol. The van der Waals surface area contributed by atoms with E-state index in [4.69, 9.17) is 4.74 Å². The van der Waals surface area contributed by atoms with E-state index in [-0.39, 0.29) is 29.0 Å². The second-order valence-corrected chi connectivity index (χ2v) is 6.52. The minimum atomic E-state index is -0.573. The summed E-state index contributed by atoms with van der Waals surface area (Å²) in [6.45, 7) is 3.35. The third-order valence-electron chi connectivity index (χ3n) is 4.01. The zero-order chi connectivity index (χ0) is 20.3. The first-order valence-electron chi connectivity index (χ1n) is 8.73. The zero-order valence-electron chi connectivity index (χ0n) is 15.4. The van der Waals surface area contributed by atoms with Crippen molar-refractivity contribution in [3.63, 3.8) is 0 Å². The van der Waals surface area contributed by atoms with Crippen molar-refractivity contribution in [1.29, 1.82) is 0 Å². The van der Waals surface area contributed by atoms with Crippen LogP contribution >= 0.6 is 0 Å². The number of nitrogens with one attached hydrogen (secondary N) is 1. The highest BCUT2D eigenvalue weighted by atomic mass is 19.1. The molecule has 0 unspecified atom stereocenters. The molecule has 3 aromatic rings. The highest BCUT2D eigenvalue weighted by Crippen LogP contribution is 2.15. The summed E-state index contributed by atoms with van der Waals surface area (Å²) in [6, 6.07) is 11.8. The maximum absolute atomic E-state index is 14.2. The smallest absolute Gasteiger partial charge is 0.338 e. The Hall–Kier alpha value is -3.48. The van der Waals surface area contributed by atoms with Crippen LogP contribution in [-0.4, -0.2) is 22.5 Å². The van der Waals surface area contributed by atoms with Crippen molar-refractivity contribution < 1.29 is 18.7 Å². The van der Waals surface area contributed by atoms with Gasteiger partial charge in [-0.3, -0.25) is 9.59 Å². The van der Waals surface area contributed by atoms with Gasteiger partial charge in [-0.1, -0.05) is 6.07 Å². The van der Waals surface area contributed by atoms with Crippen molar-refractivity contribution >= 4 is 28.5 Å². The van der Waals surface area contributed by atoms with Gasteiger partial charge in [0.2, 0.25) is 5.91 Å². The van der Waals surface area contributed by atoms with Gasteiger partial charge in [-0.15, -0.1) is 0 Å². The fraction of sp³-hybridized carbons (Fsp3) is 0.190. The highest BCUT2D eigenvalue weighted by molar-refractivity contribution is 5.93. The van der Waals surface area contributed by atoms with Crippen molar-refractivity contribution in [3.8, 4) is 0 Å². The number of hydrogen-bond acceptors (Lipinski definition) is 4. The van der Waals surface area contributed by atoms with Crippen LogP contribution in [0.4, 0.5) is 10.1 Å². The highest BCUT2D eigenvalue weighted by Gasteiger charge is 2.12. The molecule has 1 aromatic heterocycles. The number of pyridine rings is 1. The van der Waals surface area contributed by atoms with Gasteiger partial charge in [0.25, 0.3) is 0 Å². The summed E-state index contributed by atoms with van der Waals surface area (Å²) in [5, 5.41) is 2.90. The number of carbonyl (C=O) groups is 2. The Labute approximate surface area is 160 Å². The summed E-state index contributed by atoms with van der Waals surface area (Å²) in [5.74, 6) is -1.41. The molecular formula is C21H19FN2O4. The number of aromatic nitrogens is 1. The fourth-order valence-electron chi connectivity index (χ4n) is 2.79. The molecule has 2 aromatic carbocycles. The van der Waals surface area contributed by atoms with Crippen LogP contribution in [0.1, 0.15) is 24.2 Å². The molecule has 0 atom stereocenters. The lowest BCUT2D eigenvalue weighted by atomic mass is 10.2. The van der Waals surface area contributed by atoms with Gasteiger partial charge in [0, 0.05) is 23.3 Å². The van der Waals surface area contributed by atoms with E-state index >= 15 is 0 Å². The quantitative estimate of drug-likeness (QED) is 0.687. The number of carbonyl (C=O) groups excluding carboxylic acids is 2. The van der Waals surface area contributed by atoms with E-state index in [1.807, 2.05) is 0 Å². The minimum Gasteiger partial charge on any atom is -0.459 e. The number of amides is 1. The number of benzene rings is 2. The number of halogens is 1. The number of para-hydroxylation sites is 1. The summed E-state index contributed by atoms with van der Waals surface area (Å²) in [6.07, 6.45) is 1.16. The summed E-state index contributed by atoms with van der Waals surface area (Å²) in [4.78, 5) is 36.1. The predicted molar refractivity (Wildman–Crippen MR) is 104 cm³/mol. The van der Waals surface area contributed by atoms with Crippen molar-refractivity contribution in [3.05, 3.63) is 76.3 Å². The molecule has 0 saturated heterocycles. The Kier molecular flexibility index (Phi) is 5.54. The predicted octanol–water partition coefficient (Wildman–Crippen LogP) is 3.34. The molecule has 0 radical (unpaired) electrons. The van der Waals surface area contributed by atoms with Crippen LogP contribution < -0.4 is 10.7 Å². The zero-order valence-corrected chi connectivity index (χ0v) is 15.4. The third kappa shape index (κ3) is 4.25. The summed E-state index contributed by atoms with van der Waals surface area (Å²) in [5.41, 5.74) is 0.629. The van der Waals surface area contributed by atoms with Gasteiger partial charge in [-0.2, -0.15) is 0 Å². The number of esters is 1. The summed E-state index contributed by atoms with van der Waals surface area (Å²) >= 11 is 0. The maximum Gasteiger partial charge on any atom is 0.338 e. The van der Waals surface area contributed by atoms with E-state index in [0.29, 0.717) is 11.3 Å². The van der Waals surface area contributed by atoms with Gasteiger partial charge in [-0.25, -0.2) is 9.18 Å². The Morgan fingerprint density at radius 1 is 1.11 bits per heavy atom. The van der Waals surface area contributed by atoms with Crippen LogP contribution in [-0.2, 0) is 16.1 Å². The normalized spacial score (nSPS) is 10.9. The Morgan fingerprint density at radius 2 is 1.82 bits per heavy atom. The van der Waals surface area contributed by atoms with Crippen LogP contribution in [0.5, 0.6) is 0 Å². The molecular weight excluding hydrogens is 363 g/mol. The Bertz CT molecular complexity index is 1090. The number of fused-ring (bicyclic) bond motifs is 1.